The SMILES string of the molecule is CN1C(=O)/C(=C\c2ccc(OC(=O)c3ccccc3Cl)cc2)SC1=S. The van der Waals surface area contributed by atoms with E-state index in [1.807, 2.05) is 0 Å². The molecule has 1 aliphatic rings. The molecule has 0 spiro atoms. The molecule has 0 N–H and O–H groups in total. The number of nitrogens with zero attached hydrogens (tertiary/aromatic N) is 1. The lowest BCUT2D eigenvalue weighted by molar-refractivity contribution is -0.121. The van der Waals surface area contributed by atoms with Crippen LogP contribution in [-0.4, -0.2) is 28.1 Å². The van der Waals surface area contributed by atoms with Crippen molar-refractivity contribution in [1.29, 1.82) is 0 Å². The molecule has 1 aliphatic heterocycles. The Bertz CT molecular complexity index is 893. The van der Waals surface area contributed by atoms with Crippen LogP contribution in [0.3, 0.4) is 0 Å². The molecule has 0 radical (unpaired) electrons. The molecule has 4 nitrogen and oxygen atoms in total. The lowest BCUT2D eigenvalue weighted by Gasteiger charge is -2.06. The molecular weight excluding hydrogens is 378 g/mol. The van der Waals surface area contributed by atoms with Gasteiger partial charge in [0.15, 0.2) is 0 Å². The minimum Gasteiger partial charge on any atom is -0.423 e. The zero-order chi connectivity index (χ0) is 18.0. The second-order valence-electron chi connectivity index (χ2n) is 5.18. The third-order valence-electron chi connectivity index (χ3n) is 3.47. The molecule has 0 unspecified atom stereocenters. The first-order valence-corrected chi connectivity index (χ1v) is 8.84. The molecule has 0 saturated carbocycles. The van der Waals surface area contributed by atoms with Crippen molar-refractivity contribution in [2.75, 3.05) is 7.05 Å². The summed E-state index contributed by atoms with van der Waals surface area (Å²) in [4.78, 5) is 26.1. The van der Waals surface area contributed by atoms with Crippen molar-refractivity contribution in [2.45, 2.75) is 0 Å². The van der Waals surface area contributed by atoms with Crippen LogP contribution in [0, 0.1) is 0 Å². The van der Waals surface area contributed by atoms with Crippen molar-refractivity contribution < 1.29 is 14.3 Å². The van der Waals surface area contributed by atoms with E-state index in [-0.39, 0.29) is 5.91 Å². The highest BCUT2D eigenvalue weighted by atomic mass is 35.5. The fraction of sp³-hybridized carbons (Fsp3) is 0.0556. The molecule has 1 amide bonds. The topological polar surface area (TPSA) is 46.6 Å². The minimum absolute atomic E-state index is 0.121. The van der Waals surface area contributed by atoms with E-state index in [1.54, 1.807) is 61.7 Å². The Morgan fingerprint density at radius 3 is 2.48 bits per heavy atom. The lowest BCUT2D eigenvalue weighted by Crippen LogP contribution is -2.22. The molecule has 3 rings (SSSR count). The number of thiocarbonyl (C=S) groups is 1. The van der Waals surface area contributed by atoms with Gasteiger partial charge in [-0.1, -0.05) is 59.8 Å². The summed E-state index contributed by atoms with van der Waals surface area (Å²) in [5.41, 5.74) is 1.12. The summed E-state index contributed by atoms with van der Waals surface area (Å²) in [5, 5.41) is 0.339. The number of rotatable bonds is 3. The molecule has 1 fully saturated rings. The number of halogens is 1. The molecule has 0 aliphatic carbocycles. The predicted molar refractivity (Wildman–Crippen MR) is 104 cm³/mol. The van der Waals surface area contributed by atoms with E-state index in [9.17, 15) is 9.59 Å². The van der Waals surface area contributed by atoms with Crippen LogP contribution in [0.2, 0.25) is 5.02 Å². The molecule has 2 aromatic carbocycles. The van der Waals surface area contributed by atoms with Gasteiger partial charge in [0, 0.05) is 7.05 Å². The maximum atomic E-state index is 12.1. The normalized spacial score (nSPS) is 15.8. The van der Waals surface area contributed by atoms with Gasteiger partial charge in [-0.05, 0) is 35.9 Å². The van der Waals surface area contributed by atoms with E-state index >= 15 is 0 Å². The molecule has 7 heteroatoms. The van der Waals surface area contributed by atoms with Crippen molar-refractivity contribution in [1.82, 2.24) is 4.90 Å². The van der Waals surface area contributed by atoms with Gasteiger partial charge in [-0.15, -0.1) is 0 Å². The standard InChI is InChI=1S/C18H12ClNO3S2/c1-20-16(21)15(25-18(20)24)10-11-6-8-12(9-7-11)23-17(22)13-4-2-3-5-14(13)19/h2-10H,1H3/b15-10+. The number of thioether (sulfide) groups is 1. The Hall–Kier alpha value is -2.15. The van der Waals surface area contributed by atoms with Crippen LogP contribution in [0.15, 0.2) is 53.4 Å². The van der Waals surface area contributed by atoms with E-state index in [0.717, 1.165) is 5.56 Å². The Labute approximate surface area is 159 Å². The minimum atomic E-state index is -0.523. The van der Waals surface area contributed by atoms with Gasteiger partial charge in [0.2, 0.25) is 0 Å². The number of hydrogen-bond donors (Lipinski definition) is 0. The van der Waals surface area contributed by atoms with Crippen molar-refractivity contribution >= 4 is 57.9 Å². The zero-order valence-corrected chi connectivity index (χ0v) is 15.5. The molecule has 2 aromatic rings. The van der Waals surface area contributed by atoms with Gasteiger partial charge in [0.1, 0.15) is 10.1 Å². The highest BCUT2D eigenvalue weighted by Gasteiger charge is 2.28. The predicted octanol–water partition coefficient (Wildman–Crippen LogP) is 4.39. The summed E-state index contributed by atoms with van der Waals surface area (Å²) in [5.74, 6) is -0.250. The van der Waals surface area contributed by atoms with E-state index in [4.69, 9.17) is 28.6 Å². The molecule has 1 saturated heterocycles. The van der Waals surface area contributed by atoms with Crippen molar-refractivity contribution in [3.05, 3.63) is 69.6 Å². The summed E-state index contributed by atoms with van der Waals surface area (Å²) in [6.07, 6.45) is 1.75. The second kappa shape index (κ2) is 7.39. The number of benzene rings is 2. The maximum Gasteiger partial charge on any atom is 0.345 e. The molecular formula is C18H12ClNO3S2. The zero-order valence-electron chi connectivity index (χ0n) is 13.1. The van der Waals surface area contributed by atoms with Gasteiger partial charge in [-0.2, -0.15) is 0 Å². The number of hydrogen-bond acceptors (Lipinski definition) is 5. The van der Waals surface area contributed by atoms with Crippen LogP contribution in [0.1, 0.15) is 15.9 Å². The van der Waals surface area contributed by atoms with Crippen molar-refractivity contribution in [3.63, 3.8) is 0 Å². The van der Waals surface area contributed by atoms with E-state index in [0.29, 0.717) is 25.6 Å². The van der Waals surface area contributed by atoms with Crippen LogP contribution in [0.25, 0.3) is 6.08 Å². The number of carbonyl (C=O) groups is 2. The summed E-state index contributed by atoms with van der Waals surface area (Å²) in [7, 11) is 1.65. The number of esters is 1. The van der Waals surface area contributed by atoms with Gasteiger partial charge in [0.05, 0.1) is 15.5 Å². The molecule has 25 heavy (non-hydrogen) atoms. The Balaban J connectivity index is 1.73. The van der Waals surface area contributed by atoms with Crippen LogP contribution in [0.5, 0.6) is 5.75 Å². The van der Waals surface area contributed by atoms with Crippen LogP contribution < -0.4 is 4.74 Å². The van der Waals surface area contributed by atoms with Gasteiger partial charge in [-0.25, -0.2) is 4.79 Å². The third kappa shape index (κ3) is 3.92. The first-order valence-electron chi connectivity index (χ1n) is 7.24. The largest absolute Gasteiger partial charge is 0.423 e. The number of carbonyl (C=O) groups excluding carboxylic acids is 2. The summed E-state index contributed by atoms with van der Waals surface area (Å²) < 4.78 is 5.85. The maximum absolute atomic E-state index is 12.1. The van der Waals surface area contributed by atoms with Gasteiger partial charge in [0.25, 0.3) is 5.91 Å². The summed E-state index contributed by atoms with van der Waals surface area (Å²) >= 11 is 12.3. The first kappa shape index (κ1) is 17.7. The fourth-order valence-electron chi connectivity index (χ4n) is 2.12. The van der Waals surface area contributed by atoms with E-state index in [1.165, 1.54) is 16.7 Å². The Kier molecular flexibility index (Phi) is 5.22. The molecule has 0 aromatic heterocycles. The second-order valence-corrected chi connectivity index (χ2v) is 7.26. The Morgan fingerprint density at radius 1 is 1.20 bits per heavy atom. The molecule has 1 heterocycles. The van der Waals surface area contributed by atoms with Gasteiger partial charge in [-0.3, -0.25) is 9.69 Å². The summed E-state index contributed by atoms with van der Waals surface area (Å²) in [6.45, 7) is 0. The lowest BCUT2D eigenvalue weighted by atomic mass is 10.2. The average molecular weight is 390 g/mol. The summed E-state index contributed by atoms with van der Waals surface area (Å²) in [6, 6.07) is 13.5. The molecule has 0 bridgehead atoms. The van der Waals surface area contributed by atoms with E-state index < -0.39 is 5.97 Å². The number of ether oxygens (including phenoxy) is 1. The van der Waals surface area contributed by atoms with Gasteiger partial charge >= 0.3 is 5.97 Å². The highest BCUT2D eigenvalue weighted by molar-refractivity contribution is 8.26. The van der Waals surface area contributed by atoms with Crippen molar-refractivity contribution in [3.8, 4) is 5.75 Å². The third-order valence-corrected chi connectivity index (χ3v) is 5.28. The fourth-order valence-corrected chi connectivity index (χ4v) is 3.51. The van der Waals surface area contributed by atoms with Crippen molar-refractivity contribution in [2.24, 2.45) is 0 Å². The van der Waals surface area contributed by atoms with Crippen LogP contribution in [-0.2, 0) is 4.79 Å². The number of amides is 1. The monoisotopic (exact) mass is 389 g/mol. The molecule has 0 atom stereocenters. The molecule has 126 valence electrons. The van der Waals surface area contributed by atoms with E-state index in [2.05, 4.69) is 0 Å². The Morgan fingerprint density at radius 2 is 1.88 bits per heavy atom. The first-order chi connectivity index (χ1) is 12.0. The number of likely N-dealkylation sites (N-methyl/N-ethyl adjacent to an activating group) is 1. The quantitative estimate of drug-likeness (QED) is 0.337. The van der Waals surface area contributed by atoms with Gasteiger partial charge < -0.3 is 4.74 Å². The highest BCUT2D eigenvalue weighted by Crippen LogP contribution is 2.31. The average Bonchev–Trinajstić information content (AvgIpc) is 2.84. The smallest absolute Gasteiger partial charge is 0.345 e. The van der Waals surface area contributed by atoms with Crippen LogP contribution >= 0.6 is 35.6 Å². The van der Waals surface area contributed by atoms with Crippen LogP contribution in [0.4, 0.5) is 0 Å².